The Bertz CT molecular complexity index is 252. The third-order valence-electron chi connectivity index (χ3n) is 4.09. The number of nitrogens with zero attached hydrogens (tertiary/aromatic N) is 1. The molecular formula is C13H24N2O2. The van der Waals surface area contributed by atoms with E-state index in [1.165, 1.54) is 12.8 Å². The lowest BCUT2D eigenvalue weighted by Crippen LogP contribution is -2.39. The fourth-order valence-corrected chi connectivity index (χ4v) is 2.99. The van der Waals surface area contributed by atoms with Crippen LogP contribution in [0.25, 0.3) is 0 Å². The van der Waals surface area contributed by atoms with Crippen LogP contribution in [-0.4, -0.2) is 48.2 Å². The second-order valence-corrected chi connectivity index (χ2v) is 5.35. The van der Waals surface area contributed by atoms with Gasteiger partial charge in [0.2, 0.25) is 5.91 Å². The van der Waals surface area contributed by atoms with E-state index in [0.29, 0.717) is 6.42 Å². The van der Waals surface area contributed by atoms with Crippen molar-refractivity contribution in [3.63, 3.8) is 0 Å². The van der Waals surface area contributed by atoms with E-state index in [1.54, 1.807) is 0 Å². The van der Waals surface area contributed by atoms with E-state index in [-0.39, 0.29) is 24.5 Å². The normalized spacial score (nSPS) is 29.7. The standard InChI is InChI=1S/C13H24N2O2/c16-10-11-4-3-5-12(11)14-13(17)6-9-15-7-1-2-8-15/h11-12,16H,1-10H2,(H,14,17). The Morgan fingerprint density at radius 1 is 1.24 bits per heavy atom. The molecule has 1 saturated heterocycles. The lowest BCUT2D eigenvalue weighted by molar-refractivity contribution is -0.122. The van der Waals surface area contributed by atoms with Gasteiger partial charge in [0.1, 0.15) is 0 Å². The Kier molecular flexibility index (Phi) is 4.80. The molecule has 1 saturated carbocycles. The quantitative estimate of drug-likeness (QED) is 0.745. The minimum absolute atomic E-state index is 0.155. The fourth-order valence-electron chi connectivity index (χ4n) is 2.99. The van der Waals surface area contributed by atoms with E-state index >= 15 is 0 Å². The number of rotatable bonds is 5. The maximum atomic E-state index is 11.8. The highest BCUT2D eigenvalue weighted by molar-refractivity contribution is 5.76. The molecule has 0 aromatic rings. The van der Waals surface area contributed by atoms with Gasteiger partial charge in [0.05, 0.1) is 0 Å². The molecule has 4 heteroatoms. The first-order valence-electron chi connectivity index (χ1n) is 6.92. The Morgan fingerprint density at radius 2 is 2.00 bits per heavy atom. The number of nitrogens with one attached hydrogen (secondary N) is 1. The zero-order chi connectivity index (χ0) is 12.1. The molecule has 2 atom stereocenters. The molecule has 1 aliphatic carbocycles. The van der Waals surface area contributed by atoms with Crippen LogP contribution in [0, 0.1) is 5.92 Å². The number of hydrogen-bond donors (Lipinski definition) is 2. The van der Waals surface area contributed by atoms with Gasteiger partial charge >= 0.3 is 0 Å². The van der Waals surface area contributed by atoms with Crippen molar-refractivity contribution in [3.05, 3.63) is 0 Å². The van der Waals surface area contributed by atoms with E-state index in [2.05, 4.69) is 10.2 Å². The largest absolute Gasteiger partial charge is 0.396 e. The zero-order valence-corrected chi connectivity index (χ0v) is 10.5. The first-order chi connectivity index (χ1) is 8.29. The summed E-state index contributed by atoms with van der Waals surface area (Å²) in [6.07, 6.45) is 6.36. The van der Waals surface area contributed by atoms with E-state index in [0.717, 1.165) is 38.9 Å². The first kappa shape index (κ1) is 12.8. The zero-order valence-electron chi connectivity index (χ0n) is 10.5. The van der Waals surface area contributed by atoms with Crippen molar-refractivity contribution in [2.24, 2.45) is 5.92 Å². The van der Waals surface area contributed by atoms with Crippen molar-refractivity contribution in [1.29, 1.82) is 0 Å². The van der Waals surface area contributed by atoms with Crippen molar-refractivity contribution < 1.29 is 9.90 Å². The summed E-state index contributed by atoms with van der Waals surface area (Å²) in [4.78, 5) is 14.2. The number of aliphatic hydroxyl groups excluding tert-OH is 1. The molecule has 98 valence electrons. The first-order valence-corrected chi connectivity index (χ1v) is 6.92. The highest BCUT2D eigenvalue weighted by Crippen LogP contribution is 2.25. The second kappa shape index (κ2) is 6.36. The number of aliphatic hydroxyl groups is 1. The maximum absolute atomic E-state index is 11.8. The van der Waals surface area contributed by atoms with E-state index in [9.17, 15) is 9.90 Å². The third kappa shape index (κ3) is 3.68. The number of carbonyl (C=O) groups is 1. The number of carbonyl (C=O) groups excluding carboxylic acids is 1. The molecule has 0 aromatic heterocycles. The summed E-state index contributed by atoms with van der Waals surface area (Å²) < 4.78 is 0. The Morgan fingerprint density at radius 3 is 2.71 bits per heavy atom. The maximum Gasteiger partial charge on any atom is 0.221 e. The molecular weight excluding hydrogens is 216 g/mol. The predicted octanol–water partition coefficient (Wildman–Crippen LogP) is 0.749. The average molecular weight is 240 g/mol. The summed E-state index contributed by atoms with van der Waals surface area (Å²) >= 11 is 0. The fraction of sp³-hybridized carbons (Fsp3) is 0.923. The van der Waals surface area contributed by atoms with Gasteiger partial charge in [-0.1, -0.05) is 6.42 Å². The molecule has 0 radical (unpaired) electrons. The Balaban J connectivity index is 1.65. The summed E-state index contributed by atoms with van der Waals surface area (Å²) in [5, 5.41) is 12.3. The van der Waals surface area contributed by atoms with Crippen LogP contribution in [0.4, 0.5) is 0 Å². The second-order valence-electron chi connectivity index (χ2n) is 5.35. The van der Waals surface area contributed by atoms with Crippen LogP contribution in [0.1, 0.15) is 38.5 Å². The summed E-state index contributed by atoms with van der Waals surface area (Å²) in [6.45, 7) is 3.39. The molecule has 4 nitrogen and oxygen atoms in total. The molecule has 2 rings (SSSR count). The molecule has 17 heavy (non-hydrogen) atoms. The van der Waals surface area contributed by atoms with Gasteiger partial charge in [0.15, 0.2) is 0 Å². The van der Waals surface area contributed by atoms with Crippen molar-refractivity contribution in [2.45, 2.75) is 44.6 Å². The summed E-state index contributed by atoms with van der Waals surface area (Å²) in [5.41, 5.74) is 0. The van der Waals surface area contributed by atoms with Crippen LogP contribution in [0.15, 0.2) is 0 Å². The smallest absolute Gasteiger partial charge is 0.221 e. The van der Waals surface area contributed by atoms with E-state index in [1.807, 2.05) is 0 Å². The van der Waals surface area contributed by atoms with Gasteiger partial charge < -0.3 is 15.3 Å². The van der Waals surface area contributed by atoms with Gasteiger partial charge in [-0.2, -0.15) is 0 Å². The summed E-state index contributed by atoms with van der Waals surface area (Å²) in [6, 6.07) is 0.214. The predicted molar refractivity (Wildman–Crippen MR) is 66.6 cm³/mol. The van der Waals surface area contributed by atoms with Gasteiger partial charge in [-0.25, -0.2) is 0 Å². The molecule has 0 bridgehead atoms. The minimum atomic E-state index is 0.155. The van der Waals surface area contributed by atoms with Gasteiger partial charge in [0.25, 0.3) is 0 Å². The molecule has 2 aliphatic rings. The van der Waals surface area contributed by atoms with Crippen LogP contribution < -0.4 is 5.32 Å². The molecule has 1 amide bonds. The third-order valence-corrected chi connectivity index (χ3v) is 4.09. The highest BCUT2D eigenvalue weighted by Gasteiger charge is 2.27. The molecule has 0 aromatic carbocycles. The number of amides is 1. The summed E-state index contributed by atoms with van der Waals surface area (Å²) in [5.74, 6) is 0.438. The molecule has 2 N–H and O–H groups in total. The van der Waals surface area contributed by atoms with Gasteiger partial charge in [-0.05, 0) is 38.8 Å². The molecule has 1 heterocycles. The van der Waals surface area contributed by atoms with E-state index in [4.69, 9.17) is 0 Å². The van der Waals surface area contributed by atoms with Crippen molar-refractivity contribution >= 4 is 5.91 Å². The summed E-state index contributed by atoms with van der Waals surface area (Å²) in [7, 11) is 0. The lowest BCUT2D eigenvalue weighted by Gasteiger charge is -2.20. The van der Waals surface area contributed by atoms with Crippen LogP contribution in [0.5, 0.6) is 0 Å². The Hall–Kier alpha value is -0.610. The lowest BCUT2D eigenvalue weighted by atomic mass is 10.1. The van der Waals surface area contributed by atoms with E-state index < -0.39 is 0 Å². The topological polar surface area (TPSA) is 52.6 Å². The van der Waals surface area contributed by atoms with Crippen LogP contribution in [0.2, 0.25) is 0 Å². The number of hydrogen-bond acceptors (Lipinski definition) is 3. The van der Waals surface area contributed by atoms with Crippen molar-refractivity contribution in [2.75, 3.05) is 26.2 Å². The Labute approximate surface area is 103 Å². The molecule has 2 unspecified atom stereocenters. The van der Waals surface area contributed by atoms with Gasteiger partial charge in [-0.3, -0.25) is 4.79 Å². The minimum Gasteiger partial charge on any atom is -0.396 e. The van der Waals surface area contributed by atoms with Crippen LogP contribution in [-0.2, 0) is 4.79 Å². The molecule has 2 fully saturated rings. The molecule has 0 spiro atoms. The van der Waals surface area contributed by atoms with Gasteiger partial charge in [-0.15, -0.1) is 0 Å². The van der Waals surface area contributed by atoms with Crippen LogP contribution >= 0.6 is 0 Å². The van der Waals surface area contributed by atoms with Crippen LogP contribution in [0.3, 0.4) is 0 Å². The van der Waals surface area contributed by atoms with Crippen molar-refractivity contribution in [1.82, 2.24) is 10.2 Å². The van der Waals surface area contributed by atoms with Crippen molar-refractivity contribution in [3.8, 4) is 0 Å². The average Bonchev–Trinajstić information content (AvgIpc) is 2.97. The highest BCUT2D eigenvalue weighted by atomic mass is 16.3. The van der Waals surface area contributed by atoms with Gasteiger partial charge in [0, 0.05) is 31.5 Å². The molecule has 1 aliphatic heterocycles. The SMILES string of the molecule is O=C(CCN1CCCC1)NC1CCCC1CO. The monoisotopic (exact) mass is 240 g/mol. The number of likely N-dealkylation sites (tertiary alicyclic amines) is 1.